The fraction of sp³-hybridized carbons (Fsp3) is 0.455. The maximum atomic E-state index is 13.3. The van der Waals surface area contributed by atoms with Crippen molar-refractivity contribution in [3.05, 3.63) is 35.4 Å². The van der Waals surface area contributed by atoms with E-state index in [0.29, 0.717) is 11.3 Å². The van der Waals surface area contributed by atoms with Crippen molar-refractivity contribution in [3.8, 4) is 0 Å². The van der Waals surface area contributed by atoms with E-state index in [4.69, 9.17) is 5.73 Å². The molecule has 0 radical (unpaired) electrons. The van der Waals surface area contributed by atoms with Crippen LogP contribution in [-0.2, 0) is 0 Å². The number of rotatable bonds is 5. The summed E-state index contributed by atoms with van der Waals surface area (Å²) in [6.45, 7) is 2.08. The third-order valence-electron chi connectivity index (χ3n) is 2.01. The predicted octanol–water partition coefficient (Wildman–Crippen LogP) is 3.11. The fourth-order valence-electron chi connectivity index (χ4n) is 1.25. The van der Waals surface area contributed by atoms with Crippen molar-refractivity contribution >= 4 is 11.8 Å². The Bertz CT molecular complexity index is 317. The Balaban J connectivity index is 2.61. The van der Waals surface area contributed by atoms with Crippen LogP contribution in [-0.4, -0.2) is 11.5 Å². The van der Waals surface area contributed by atoms with Gasteiger partial charge in [-0.2, -0.15) is 11.8 Å². The van der Waals surface area contributed by atoms with E-state index >= 15 is 0 Å². The Kier molecular flexibility index (Phi) is 5.05. The van der Waals surface area contributed by atoms with Crippen molar-refractivity contribution in [1.29, 1.82) is 0 Å². The summed E-state index contributed by atoms with van der Waals surface area (Å²) in [5.74, 6) is 0.552. The molecule has 4 heteroatoms. The van der Waals surface area contributed by atoms with Crippen molar-refractivity contribution in [3.63, 3.8) is 0 Å². The Morgan fingerprint density at radius 1 is 1.40 bits per heavy atom. The van der Waals surface area contributed by atoms with E-state index < -0.39 is 11.6 Å². The molecule has 1 nitrogen and oxygen atoms in total. The van der Waals surface area contributed by atoms with E-state index in [1.807, 2.05) is 0 Å². The van der Waals surface area contributed by atoms with Crippen molar-refractivity contribution in [2.75, 3.05) is 11.5 Å². The van der Waals surface area contributed by atoms with E-state index in [9.17, 15) is 8.78 Å². The average molecular weight is 231 g/mol. The standard InChI is InChI=1S/C11H15F2NS/c1-2-5-15-7-11(14)9-4-3-8(12)6-10(9)13/h3-4,6,11H,2,5,7,14H2,1H3. The van der Waals surface area contributed by atoms with Crippen LogP contribution < -0.4 is 5.73 Å². The van der Waals surface area contributed by atoms with Crippen molar-refractivity contribution in [2.45, 2.75) is 19.4 Å². The summed E-state index contributed by atoms with van der Waals surface area (Å²) in [5, 5.41) is 0. The first-order chi connectivity index (χ1) is 7.15. The monoisotopic (exact) mass is 231 g/mol. The van der Waals surface area contributed by atoms with Crippen LogP contribution in [0.3, 0.4) is 0 Å². The average Bonchev–Trinajstić information content (AvgIpc) is 2.17. The third kappa shape index (κ3) is 3.80. The lowest BCUT2D eigenvalue weighted by atomic mass is 10.1. The highest BCUT2D eigenvalue weighted by atomic mass is 32.2. The highest BCUT2D eigenvalue weighted by Gasteiger charge is 2.11. The predicted molar refractivity (Wildman–Crippen MR) is 60.9 cm³/mol. The molecule has 84 valence electrons. The summed E-state index contributed by atoms with van der Waals surface area (Å²) in [7, 11) is 0. The summed E-state index contributed by atoms with van der Waals surface area (Å²) in [4.78, 5) is 0. The van der Waals surface area contributed by atoms with Gasteiger partial charge in [0.1, 0.15) is 11.6 Å². The van der Waals surface area contributed by atoms with E-state index in [2.05, 4.69) is 6.92 Å². The molecule has 0 saturated carbocycles. The van der Waals surface area contributed by atoms with Gasteiger partial charge in [0, 0.05) is 23.4 Å². The Labute approximate surface area is 93.1 Å². The van der Waals surface area contributed by atoms with E-state index in [1.54, 1.807) is 11.8 Å². The zero-order chi connectivity index (χ0) is 11.3. The number of thioether (sulfide) groups is 1. The molecular formula is C11H15F2NS. The van der Waals surface area contributed by atoms with Gasteiger partial charge in [-0.05, 0) is 18.2 Å². The van der Waals surface area contributed by atoms with Crippen LogP contribution in [0.2, 0.25) is 0 Å². The number of hydrogen-bond acceptors (Lipinski definition) is 2. The molecule has 0 saturated heterocycles. The third-order valence-corrected chi connectivity index (χ3v) is 3.30. The first kappa shape index (κ1) is 12.5. The van der Waals surface area contributed by atoms with Gasteiger partial charge in [-0.3, -0.25) is 0 Å². The summed E-state index contributed by atoms with van der Waals surface area (Å²) in [6, 6.07) is 3.17. The first-order valence-corrected chi connectivity index (χ1v) is 6.09. The van der Waals surface area contributed by atoms with Gasteiger partial charge >= 0.3 is 0 Å². The van der Waals surface area contributed by atoms with Crippen molar-refractivity contribution in [1.82, 2.24) is 0 Å². The molecule has 1 atom stereocenters. The Morgan fingerprint density at radius 2 is 2.13 bits per heavy atom. The van der Waals surface area contributed by atoms with E-state index in [0.717, 1.165) is 18.2 Å². The number of nitrogens with two attached hydrogens (primary N) is 1. The number of hydrogen-bond donors (Lipinski definition) is 1. The van der Waals surface area contributed by atoms with E-state index in [1.165, 1.54) is 12.1 Å². The van der Waals surface area contributed by atoms with Crippen molar-refractivity contribution < 1.29 is 8.78 Å². The van der Waals surface area contributed by atoms with Gasteiger partial charge in [0.25, 0.3) is 0 Å². The lowest BCUT2D eigenvalue weighted by Gasteiger charge is -2.12. The normalized spacial score (nSPS) is 12.8. The van der Waals surface area contributed by atoms with Crippen LogP contribution >= 0.6 is 11.8 Å². The van der Waals surface area contributed by atoms with Crippen LogP contribution in [0.25, 0.3) is 0 Å². The van der Waals surface area contributed by atoms with Crippen LogP contribution in [0.15, 0.2) is 18.2 Å². The highest BCUT2D eigenvalue weighted by Crippen LogP contribution is 2.20. The SMILES string of the molecule is CCCSCC(N)c1ccc(F)cc1F. The minimum Gasteiger partial charge on any atom is -0.323 e. The second kappa shape index (κ2) is 6.08. The van der Waals surface area contributed by atoms with Crippen LogP contribution in [0.4, 0.5) is 8.78 Å². The molecule has 2 N–H and O–H groups in total. The van der Waals surface area contributed by atoms with Gasteiger partial charge in [-0.15, -0.1) is 0 Å². The summed E-state index contributed by atoms with van der Waals surface area (Å²) in [5.41, 5.74) is 6.19. The van der Waals surface area contributed by atoms with Gasteiger partial charge in [0.05, 0.1) is 0 Å². The lowest BCUT2D eigenvalue weighted by Crippen LogP contribution is -2.15. The minimum atomic E-state index is -0.565. The topological polar surface area (TPSA) is 26.0 Å². The summed E-state index contributed by atoms with van der Waals surface area (Å²) < 4.78 is 25.9. The largest absolute Gasteiger partial charge is 0.323 e. The lowest BCUT2D eigenvalue weighted by molar-refractivity contribution is 0.563. The summed E-state index contributed by atoms with van der Waals surface area (Å²) in [6.07, 6.45) is 1.07. The van der Waals surface area contributed by atoms with Gasteiger partial charge in [-0.1, -0.05) is 13.0 Å². The molecule has 1 unspecified atom stereocenters. The van der Waals surface area contributed by atoms with Crippen LogP contribution in [0, 0.1) is 11.6 Å². The fourth-order valence-corrected chi connectivity index (χ4v) is 2.14. The summed E-state index contributed by atoms with van der Waals surface area (Å²) >= 11 is 1.68. The van der Waals surface area contributed by atoms with Crippen molar-refractivity contribution in [2.24, 2.45) is 5.73 Å². The van der Waals surface area contributed by atoms with Crippen LogP contribution in [0.1, 0.15) is 24.9 Å². The quantitative estimate of drug-likeness (QED) is 0.788. The van der Waals surface area contributed by atoms with Gasteiger partial charge in [0.2, 0.25) is 0 Å². The van der Waals surface area contributed by atoms with Gasteiger partial charge in [-0.25, -0.2) is 8.78 Å². The Hall–Kier alpha value is -0.610. The molecule has 0 aliphatic carbocycles. The maximum absolute atomic E-state index is 13.3. The molecule has 0 heterocycles. The second-order valence-corrected chi connectivity index (χ2v) is 4.50. The van der Waals surface area contributed by atoms with Gasteiger partial charge < -0.3 is 5.73 Å². The number of benzene rings is 1. The first-order valence-electron chi connectivity index (χ1n) is 4.93. The molecule has 1 rings (SSSR count). The molecule has 0 fully saturated rings. The zero-order valence-electron chi connectivity index (χ0n) is 8.67. The van der Waals surface area contributed by atoms with Gasteiger partial charge in [0.15, 0.2) is 0 Å². The molecule has 1 aromatic rings. The second-order valence-electron chi connectivity index (χ2n) is 3.35. The highest BCUT2D eigenvalue weighted by molar-refractivity contribution is 7.99. The molecule has 0 amide bonds. The molecular weight excluding hydrogens is 216 g/mol. The molecule has 15 heavy (non-hydrogen) atoms. The number of halogens is 2. The Morgan fingerprint density at radius 3 is 2.73 bits per heavy atom. The molecule has 1 aromatic carbocycles. The van der Waals surface area contributed by atoms with Crippen LogP contribution in [0.5, 0.6) is 0 Å². The maximum Gasteiger partial charge on any atom is 0.130 e. The molecule has 0 aliphatic heterocycles. The van der Waals surface area contributed by atoms with E-state index in [-0.39, 0.29) is 6.04 Å². The molecule has 0 aromatic heterocycles. The molecule has 0 bridgehead atoms. The zero-order valence-corrected chi connectivity index (χ0v) is 9.49. The molecule has 0 spiro atoms. The minimum absolute atomic E-state index is 0.359. The smallest absolute Gasteiger partial charge is 0.130 e. The molecule has 0 aliphatic rings.